The Hall–Kier alpha value is -2.73. The van der Waals surface area contributed by atoms with Crippen molar-refractivity contribution in [3.63, 3.8) is 0 Å². The molecule has 2 aromatic carbocycles. The number of para-hydroxylation sites is 1. The van der Waals surface area contributed by atoms with Gasteiger partial charge >= 0.3 is 0 Å². The number of nitrogens with zero attached hydrogens (tertiary/aromatic N) is 4. The Labute approximate surface area is 128 Å². The average Bonchev–Trinajstić information content (AvgIpc) is 3.00. The summed E-state index contributed by atoms with van der Waals surface area (Å²) in [6.45, 7) is 0. The molecule has 0 saturated carbocycles. The van der Waals surface area contributed by atoms with Gasteiger partial charge in [0.15, 0.2) is 0 Å². The smallest absolute Gasteiger partial charge is 0.267 e. The van der Waals surface area contributed by atoms with Gasteiger partial charge in [-0.15, -0.1) is 10.2 Å². The van der Waals surface area contributed by atoms with Crippen molar-refractivity contribution in [1.29, 1.82) is 0 Å². The molecule has 0 unspecified atom stereocenters. The summed E-state index contributed by atoms with van der Waals surface area (Å²) in [6.07, 6.45) is 1.53. The van der Waals surface area contributed by atoms with Crippen molar-refractivity contribution < 1.29 is 4.39 Å². The number of hydrogen-bond donors (Lipinski definition) is 0. The molecule has 7 heteroatoms. The third kappa shape index (κ3) is 1.74. The zero-order valence-corrected chi connectivity index (χ0v) is 11.8. The van der Waals surface area contributed by atoms with Gasteiger partial charge in [-0.1, -0.05) is 23.7 Å². The van der Waals surface area contributed by atoms with E-state index >= 15 is 0 Å². The zero-order chi connectivity index (χ0) is 15.3. The third-order valence-electron chi connectivity index (χ3n) is 3.49. The number of hydrogen-bond acceptors (Lipinski definition) is 3. The minimum atomic E-state index is -0.545. The number of fused-ring (bicyclic) bond motifs is 3. The van der Waals surface area contributed by atoms with Gasteiger partial charge in [-0.25, -0.2) is 8.96 Å². The standard InChI is InChI=1S/C15H8ClFN4O/c16-11-7-9(5-6-12(11)17)21-14(22)10-3-1-2-4-13(10)20-8-18-19-15(20)21/h1-8H. The zero-order valence-electron chi connectivity index (χ0n) is 11.1. The van der Waals surface area contributed by atoms with Crippen LogP contribution in [0.2, 0.25) is 5.02 Å². The van der Waals surface area contributed by atoms with Crippen LogP contribution in [0.15, 0.2) is 53.6 Å². The Bertz CT molecular complexity index is 1090. The van der Waals surface area contributed by atoms with Gasteiger partial charge in [0.05, 0.1) is 21.6 Å². The molecule has 0 bridgehead atoms. The van der Waals surface area contributed by atoms with Crippen LogP contribution in [0.5, 0.6) is 0 Å². The van der Waals surface area contributed by atoms with Crippen molar-refractivity contribution in [3.05, 3.63) is 70.0 Å². The third-order valence-corrected chi connectivity index (χ3v) is 3.78. The molecule has 4 aromatic rings. The molecule has 0 atom stereocenters. The molecular formula is C15H8ClFN4O. The molecule has 0 saturated heterocycles. The monoisotopic (exact) mass is 314 g/mol. The van der Waals surface area contributed by atoms with Gasteiger partial charge in [-0.05, 0) is 30.3 Å². The Balaban J connectivity index is 2.20. The molecule has 0 aliphatic carbocycles. The molecule has 0 amide bonds. The number of benzene rings is 2. The van der Waals surface area contributed by atoms with Crippen LogP contribution < -0.4 is 5.56 Å². The van der Waals surface area contributed by atoms with Crippen LogP contribution in [-0.2, 0) is 0 Å². The first-order chi connectivity index (χ1) is 10.7. The first-order valence-corrected chi connectivity index (χ1v) is 6.83. The van der Waals surface area contributed by atoms with Crippen molar-refractivity contribution in [2.75, 3.05) is 0 Å². The quantitative estimate of drug-likeness (QED) is 0.543. The van der Waals surface area contributed by atoms with Gasteiger partial charge in [-0.3, -0.25) is 9.20 Å². The van der Waals surface area contributed by atoms with E-state index in [-0.39, 0.29) is 10.6 Å². The number of rotatable bonds is 1. The Morgan fingerprint density at radius 3 is 2.77 bits per heavy atom. The second-order valence-corrected chi connectivity index (χ2v) is 5.16. The lowest BCUT2D eigenvalue weighted by atomic mass is 10.2. The van der Waals surface area contributed by atoms with Gasteiger partial charge < -0.3 is 0 Å². The summed E-state index contributed by atoms with van der Waals surface area (Å²) in [6, 6.07) is 11.2. The van der Waals surface area contributed by atoms with Crippen LogP contribution in [0.25, 0.3) is 22.4 Å². The normalized spacial score (nSPS) is 11.4. The molecule has 2 heterocycles. The maximum absolute atomic E-state index is 13.4. The minimum Gasteiger partial charge on any atom is -0.268 e. The van der Waals surface area contributed by atoms with Gasteiger partial charge in [-0.2, -0.15) is 0 Å². The fraction of sp³-hybridized carbons (Fsp3) is 0. The number of aromatic nitrogens is 4. The van der Waals surface area contributed by atoms with Crippen molar-refractivity contribution in [3.8, 4) is 5.69 Å². The van der Waals surface area contributed by atoms with E-state index in [1.54, 1.807) is 16.5 Å². The van der Waals surface area contributed by atoms with E-state index in [1.165, 1.54) is 29.1 Å². The second-order valence-electron chi connectivity index (χ2n) is 4.76. The molecule has 4 rings (SSSR count). The van der Waals surface area contributed by atoms with Crippen LogP contribution in [0.1, 0.15) is 0 Å². The van der Waals surface area contributed by atoms with Crippen LogP contribution in [0, 0.1) is 5.82 Å². The lowest BCUT2D eigenvalue weighted by Crippen LogP contribution is -2.21. The maximum atomic E-state index is 13.4. The molecule has 2 aromatic heterocycles. The van der Waals surface area contributed by atoms with E-state index in [0.717, 1.165) is 0 Å². The SMILES string of the molecule is O=c1c2ccccc2n2cnnc2n1-c1ccc(F)c(Cl)c1. The Kier molecular flexibility index (Phi) is 2.74. The summed E-state index contributed by atoms with van der Waals surface area (Å²) in [4.78, 5) is 12.8. The van der Waals surface area contributed by atoms with Gasteiger partial charge in [0, 0.05) is 0 Å². The lowest BCUT2D eigenvalue weighted by Gasteiger charge is -2.10. The highest BCUT2D eigenvalue weighted by atomic mass is 35.5. The topological polar surface area (TPSA) is 52.2 Å². The van der Waals surface area contributed by atoms with Crippen molar-refractivity contribution >= 4 is 28.3 Å². The van der Waals surface area contributed by atoms with Crippen molar-refractivity contribution in [2.24, 2.45) is 0 Å². The molecule has 0 aliphatic rings. The first-order valence-electron chi connectivity index (χ1n) is 6.46. The fourth-order valence-electron chi connectivity index (χ4n) is 2.48. The molecule has 0 spiro atoms. The average molecular weight is 315 g/mol. The largest absolute Gasteiger partial charge is 0.268 e. The Morgan fingerprint density at radius 1 is 1.14 bits per heavy atom. The second kappa shape index (κ2) is 4.64. The summed E-state index contributed by atoms with van der Waals surface area (Å²) in [5.74, 6) is -0.205. The van der Waals surface area contributed by atoms with E-state index in [9.17, 15) is 9.18 Å². The molecule has 0 radical (unpaired) electrons. The predicted molar refractivity (Wildman–Crippen MR) is 81.1 cm³/mol. The summed E-state index contributed by atoms with van der Waals surface area (Å²) < 4.78 is 16.4. The first kappa shape index (κ1) is 13.0. The molecule has 0 fully saturated rings. The van der Waals surface area contributed by atoms with Gasteiger partial charge in [0.1, 0.15) is 12.1 Å². The van der Waals surface area contributed by atoms with E-state index < -0.39 is 5.82 Å². The van der Waals surface area contributed by atoms with E-state index in [1.807, 2.05) is 12.1 Å². The number of halogens is 2. The van der Waals surface area contributed by atoms with E-state index in [4.69, 9.17) is 11.6 Å². The lowest BCUT2D eigenvalue weighted by molar-refractivity contribution is 0.628. The van der Waals surface area contributed by atoms with Crippen LogP contribution in [0.4, 0.5) is 4.39 Å². The van der Waals surface area contributed by atoms with Crippen molar-refractivity contribution in [1.82, 2.24) is 19.2 Å². The molecule has 0 N–H and O–H groups in total. The van der Waals surface area contributed by atoms with E-state index in [2.05, 4.69) is 10.2 Å². The van der Waals surface area contributed by atoms with E-state index in [0.29, 0.717) is 22.4 Å². The van der Waals surface area contributed by atoms with Crippen LogP contribution in [0.3, 0.4) is 0 Å². The van der Waals surface area contributed by atoms with Crippen LogP contribution in [-0.4, -0.2) is 19.2 Å². The highest BCUT2D eigenvalue weighted by Crippen LogP contribution is 2.20. The fourth-order valence-corrected chi connectivity index (χ4v) is 2.66. The maximum Gasteiger partial charge on any atom is 0.267 e. The van der Waals surface area contributed by atoms with Gasteiger partial charge in [0.2, 0.25) is 5.78 Å². The Morgan fingerprint density at radius 2 is 1.95 bits per heavy atom. The summed E-state index contributed by atoms with van der Waals surface area (Å²) in [5.41, 5.74) is 0.871. The van der Waals surface area contributed by atoms with Gasteiger partial charge in [0.25, 0.3) is 5.56 Å². The highest BCUT2D eigenvalue weighted by molar-refractivity contribution is 6.30. The molecule has 0 aliphatic heterocycles. The molecule has 22 heavy (non-hydrogen) atoms. The van der Waals surface area contributed by atoms with Crippen LogP contribution >= 0.6 is 11.6 Å². The summed E-state index contributed by atoms with van der Waals surface area (Å²) in [7, 11) is 0. The predicted octanol–water partition coefficient (Wildman–Crippen LogP) is 2.83. The molecule has 5 nitrogen and oxygen atoms in total. The summed E-state index contributed by atoms with van der Waals surface area (Å²) >= 11 is 5.83. The van der Waals surface area contributed by atoms with Crippen molar-refractivity contribution in [2.45, 2.75) is 0 Å². The minimum absolute atomic E-state index is 0.0600. The molecule has 108 valence electrons. The highest BCUT2D eigenvalue weighted by Gasteiger charge is 2.14. The molecular weight excluding hydrogens is 307 g/mol. The summed E-state index contributed by atoms with van der Waals surface area (Å²) in [5, 5.41) is 8.31.